The van der Waals surface area contributed by atoms with Crippen LogP contribution >= 0.6 is 11.6 Å². The summed E-state index contributed by atoms with van der Waals surface area (Å²) < 4.78 is 10.7. The van der Waals surface area contributed by atoms with Gasteiger partial charge in [0, 0.05) is 22.2 Å². The van der Waals surface area contributed by atoms with E-state index in [9.17, 15) is 4.79 Å². The van der Waals surface area contributed by atoms with Crippen LogP contribution in [0.4, 0.5) is 5.69 Å². The summed E-state index contributed by atoms with van der Waals surface area (Å²) in [7, 11) is 1.59. The smallest absolute Gasteiger partial charge is 0.248 e. The molecule has 1 amide bonds. The average Bonchev–Trinajstić information content (AvgIpc) is 2.95. The van der Waals surface area contributed by atoms with Crippen molar-refractivity contribution in [2.75, 3.05) is 12.4 Å². The number of carbonyl (C=O) groups excluding carboxylic acids is 1. The van der Waals surface area contributed by atoms with Crippen molar-refractivity contribution in [3.8, 4) is 5.75 Å². The number of ether oxygens (including phenoxy) is 1. The lowest BCUT2D eigenvalue weighted by molar-refractivity contribution is -0.111. The van der Waals surface area contributed by atoms with Gasteiger partial charge in [-0.3, -0.25) is 4.79 Å². The fourth-order valence-electron chi connectivity index (χ4n) is 2.13. The van der Waals surface area contributed by atoms with Crippen molar-refractivity contribution in [1.29, 1.82) is 0 Å². The van der Waals surface area contributed by atoms with Crippen LogP contribution in [-0.4, -0.2) is 13.0 Å². The van der Waals surface area contributed by atoms with E-state index in [4.69, 9.17) is 20.8 Å². The Bertz CT molecular complexity index is 866. The molecule has 3 rings (SSSR count). The van der Waals surface area contributed by atoms with E-state index in [0.29, 0.717) is 16.5 Å². The lowest BCUT2D eigenvalue weighted by Gasteiger charge is -2.03. The highest BCUT2D eigenvalue weighted by molar-refractivity contribution is 6.31. The van der Waals surface area contributed by atoms with Crippen LogP contribution in [0.25, 0.3) is 17.0 Å². The molecule has 0 bridgehead atoms. The molecule has 0 spiro atoms. The van der Waals surface area contributed by atoms with Crippen molar-refractivity contribution >= 4 is 40.2 Å². The number of hydrogen-bond acceptors (Lipinski definition) is 3. The van der Waals surface area contributed by atoms with Crippen LogP contribution in [0.3, 0.4) is 0 Å². The van der Waals surface area contributed by atoms with Gasteiger partial charge in [-0.1, -0.05) is 11.6 Å². The Morgan fingerprint density at radius 2 is 1.96 bits per heavy atom. The molecule has 3 aromatic rings. The van der Waals surface area contributed by atoms with Crippen molar-refractivity contribution in [3.05, 3.63) is 65.4 Å². The molecule has 0 aliphatic rings. The van der Waals surface area contributed by atoms with Crippen LogP contribution in [0.1, 0.15) is 5.76 Å². The molecule has 0 fully saturated rings. The normalized spacial score (nSPS) is 11.0. The number of benzene rings is 2. The third kappa shape index (κ3) is 3.73. The second kappa shape index (κ2) is 6.58. The maximum Gasteiger partial charge on any atom is 0.248 e. The standard InChI is InChI=1S/C18H14ClNO3/c1-22-15-5-3-14(4-6-15)20-18(21)9-7-16-11-12-10-13(19)2-8-17(12)23-16/h2-11H,1H3,(H,20,21)/b9-7+. The fourth-order valence-corrected chi connectivity index (χ4v) is 2.31. The summed E-state index contributed by atoms with van der Waals surface area (Å²) in [6, 6.07) is 14.3. The number of fused-ring (bicyclic) bond motifs is 1. The second-order valence-corrected chi connectivity index (χ2v) is 5.32. The Hall–Kier alpha value is -2.72. The zero-order valence-electron chi connectivity index (χ0n) is 12.4. The number of methoxy groups -OCH3 is 1. The molecule has 1 aromatic heterocycles. The van der Waals surface area contributed by atoms with Gasteiger partial charge in [0.25, 0.3) is 0 Å². The number of amides is 1. The Kier molecular flexibility index (Phi) is 4.35. The average molecular weight is 328 g/mol. The van der Waals surface area contributed by atoms with Gasteiger partial charge in [-0.25, -0.2) is 0 Å². The predicted molar refractivity (Wildman–Crippen MR) is 91.9 cm³/mol. The van der Waals surface area contributed by atoms with Crippen LogP contribution in [0.15, 0.2) is 59.0 Å². The summed E-state index contributed by atoms with van der Waals surface area (Å²) in [6.07, 6.45) is 3.04. The largest absolute Gasteiger partial charge is 0.497 e. The first-order valence-corrected chi connectivity index (χ1v) is 7.34. The summed E-state index contributed by atoms with van der Waals surface area (Å²) >= 11 is 5.93. The molecule has 0 saturated carbocycles. The third-order valence-corrected chi connectivity index (χ3v) is 3.49. The van der Waals surface area contributed by atoms with Crippen LogP contribution in [0, 0.1) is 0 Å². The molecule has 5 heteroatoms. The number of rotatable bonds is 4. The third-order valence-electron chi connectivity index (χ3n) is 3.25. The maximum absolute atomic E-state index is 11.9. The molecule has 0 atom stereocenters. The highest BCUT2D eigenvalue weighted by atomic mass is 35.5. The molecular weight excluding hydrogens is 314 g/mol. The monoisotopic (exact) mass is 327 g/mol. The van der Waals surface area contributed by atoms with E-state index in [-0.39, 0.29) is 5.91 Å². The van der Waals surface area contributed by atoms with Gasteiger partial charge in [0.05, 0.1) is 7.11 Å². The van der Waals surface area contributed by atoms with E-state index in [0.717, 1.165) is 16.7 Å². The highest BCUT2D eigenvalue weighted by Crippen LogP contribution is 2.23. The molecule has 23 heavy (non-hydrogen) atoms. The molecule has 4 nitrogen and oxygen atoms in total. The van der Waals surface area contributed by atoms with Gasteiger partial charge < -0.3 is 14.5 Å². The topological polar surface area (TPSA) is 51.5 Å². The Labute approximate surface area is 138 Å². The molecule has 0 saturated heterocycles. The molecule has 0 radical (unpaired) electrons. The minimum absolute atomic E-state index is 0.242. The minimum atomic E-state index is -0.242. The fraction of sp³-hybridized carbons (Fsp3) is 0.0556. The quantitative estimate of drug-likeness (QED) is 0.704. The zero-order valence-corrected chi connectivity index (χ0v) is 13.1. The van der Waals surface area contributed by atoms with E-state index in [1.807, 2.05) is 12.1 Å². The molecule has 116 valence electrons. The molecule has 2 aromatic carbocycles. The predicted octanol–water partition coefficient (Wildman–Crippen LogP) is 4.75. The first-order valence-electron chi connectivity index (χ1n) is 6.96. The molecular formula is C18H14ClNO3. The number of furan rings is 1. The van der Waals surface area contributed by atoms with E-state index >= 15 is 0 Å². The number of halogens is 1. The molecule has 0 aliphatic heterocycles. The van der Waals surface area contributed by atoms with Crippen molar-refractivity contribution in [2.24, 2.45) is 0 Å². The van der Waals surface area contributed by atoms with E-state index in [1.54, 1.807) is 49.6 Å². The first-order chi connectivity index (χ1) is 11.1. The Morgan fingerprint density at radius 1 is 1.17 bits per heavy atom. The minimum Gasteiger partial charge on any atom is -0.497 e. The summed E-state index contributed by atoms with van der Waals surface area (Å²) in [4.78, 5) is 11.9. The van der Waals surface area contributed by atoms with Gasteiger partial charge in [-0.05, 0) is 54.6 Å². The van der Waals surface area contributed by atoms with Gasteiger partial charge in [-0.15, -0.1) is 0 Å². The van der Waals surface area contributed by atoms with Crippen molar-refractivity contribution in [2.45, 2.75) is 0 Å². The van der Waals surface area contributed by atoms with Crippen molar-refractivity contribution < 1.29 is 13.9 Å². The highest BCUT2D eigenvalue weighted by Gasteiger charge is 2.03. The van der Waals surface area contributed by atoms with Crippen LogP contribution in [-0.2, 0) is 4.79 Å². The molecule has 1 N–H and O–H groups in total. The summed E-state index contributed by atoms with van der Waals surface area (Å²) in [5.74, 6) is 1.08. The zero-order chi connectivity index (χ0) is 16.2. The van der Waals surface area contributed by atoms with Gasteiger partial charge in [0.15, 0.2) is 0 Å². The van der Waals surface area contributed by atoms with Crippen molar-refractivity contribution in [3.63, 3.8) is 0 Å². The number of nitrogens with one attached hydrogen (secondary N) is 1. The Balaban J connectivity index is 1.68. The lowest BCUT2D eigenvalue weighted by atomic mass is 10.2. The number of anilines is 1. The van der Waals surface area contributed by atoms with E-state index < -0.39 is 0 Å². The number of hydrogen-bond donors (Lipinski definition) is 1. The van der Waals surface area contributed by atoms with Gasteiger partial charge in [0.1, 0.15) is 17.1 Å². The second-order valence-electron chi connectivity index (χ2n) is 4.88. The summed E-state index contributed by atoms with van der Waals surface area (Å²) in [6.45, 7) is 0. The van der Waals surface area contributed by atoms with Crippen LogP contribution in [0.5, 0.6) is 5.75 Å². The van der Waals surface area contributed by atoms with Crippen LogP contribution in [0.2, 0.25) is 5.02 Å². The van der Waals surface area contributed by atoms with E-state index in [2.05, 4.69) is 5.32 Å². The van der Waals surface area contributed by atoms with Gasteiger partial charge in [-0.2, -0.15) is 0 Å². The Morgan fingerprint density at radius 3 is 2.70 bits per heavy atom. The van der Waals surface area contributed by atoms with Gasteiger partial charge >= 0.3 is 0 Å². The molecule has 0 unspecified atom stereocenters. The van der Waals surface area contributed by atoms with Gasteiger partial charge in [0.2, 0.25) is 5.91 Å². The maximum atomic E-state index is 11.9. The lowest BCUT2D eigenvalue weighted by Crippen LogP contribution is -2.07. The SMILES string of the molecule is COc1ccc(NC(=O)/C=C/c2cc3cc(Cl)ccc3o2)cc1. The van der Waals surface area contributed by atoms with Crippen LogP contribution < -0.4 is 10.1 Å². The van der Waals surface area contributed by atoms with Crippen molar-refractivity contribution in [1.82, 2.24) is 0 Å². The molecule has 1 heterocycles. The number of carbonyl (C=O) groups is 1. The molecule has 0 aliphatic carbocycles. The summed E-state index contributed by atoms with van der Waals surface area (Å²) in [5, 5.41) is 4.30. The first kappa shape index (κ1) is 15.2. The van der Waals surface area contributed by atoms with E-state index in [1.165, 1.54) is 6.08 Å². The summed E-state index contributed by atoms with van der Waals surface area (Å²) in [5.41, 5.74) is 1.42.